The van der Waals surface area contributed by atoms with Crippen molar-refractivity contribution in [1.82, 2.24) is 4.90 Å². The van der Waals surface area contributed by atoms with Crippen molar-refractivity contribution in [3.05, 3.63) is 0 Å². The first-order valence-corrected chi connectivity index (χ1v) is 7.80. The van der Waals surface area contributed by atoms with Gasteiger partial charge in [-0.15, -0.1) is 0 Å². The van der Waals surface area contributed by atoms with Crippen LogP contribution in [0.3, 0.4) is 0 Å². The molecule has 0 radical (unpaired) electrons. The monoisotopic (exact) mass is 321 g/mol. The third kappa shape index (κ3) is 4.14. The summed E-state index contributed by atoms with van der Waals surface area (Å²) in [5.74, 6) is -4.01. The molecule has 7 heteroatoms. The number of hydrogen-bond acceptors (Lipinski definition) is 2. The molecule has 4 nitrogen and oxygen atoms in total. The number of aliphatic carboxylic acids is 1. The Labute approximate surface area is 127 Å². The molecule has 0 bridgehead atoms. The average molecular weight is 321 g/mol. The molecule has 2 fully saturated rings. The van der Waals surface area contributed by atoms with Gasteiger partial charge in [0.2, 0.25) is 5.91 Å². The van der Waals surface area contributed by atoms with E-state index >= 15 is 0 Å². The highest BCUT2D eigenvalue weighted by molar-refractivity contribution is 5.80. The lowest BCUT2D eigenvalue weighted by molar-refractivity contribution is -0.187. The minimum Gasteiger partial charge on any atom is -0.481 e. The Hall–Kier alpha value is -1.27. The van der Waals surface area contributed by atoms with Gasteiger partial charge in [-0.25, -0.2) is 0 Å². The van der Waals surface area contributed by atoms with Crippen LogP contribution >= 0.6 is 0 Å². The van der Waals surface area contributed by atoms with Crippen LogP contribution in [0.5, 0.6) is 0 Å². The van der Waals surface area contributed by atoms with E-state index in [1.54, 1.807) is 0 Å². The van der Waals surface area contributed by atoms with Crippen molar-refractivity contribution in [3.8, 4) is 0 Å². The zero-order valence-electron chi connectivity index (χ0n) is 12.6. The van der Waals surface area contributed by atoms with Gasteiger partial charge in [-0.2, -0.15) is 13.2 Å². The predicted octanol–water partition coefficient (Wildman–Crippen LogP) is 3.07. The van der Waals surface area contributed by atoms with Crippen LogP contribution in [0.1, 0.15) is 45.4 Å². The highest BCUT2D eigenvalue weighted by Gasteiger charge is 2.45. The van der Waals surface area contributed by atoms with Crippen LogP contribution in [0.15, 0.2) is 0 Å². The third-order valence-corrected chi connectivity index (χ3v) is 4.65. The fourth-order valence-electron chi connectivity index (χ4n) is 3.12. The number of rotatable bonds is 5. The second kappa shape index (κ2) is 6.46. The Morgan fingerprint density at radius 2 is 1.86 bits per heavy atom. The van der Waals surface area contributed by atoms with Crippen LogP contribution in [-0.4, -0.2) is 40.6 Å². The van der Waals surface area contributed by atoms with Crippen LogP contribution < -0.4 is 0 Å². The molecule has 2 aliphatic rings. The van der Waals surface area contributed by atoms with E-state index in [0.717, 1.165) is 12.8 Å². The first-order valence-electron chi connectivity index (χ1n) is 7.80. The molecule has 2 saturated carbocycles. The van der Waals surface area contributed by atoms with Crippen molar-refractivity contribution in [2.45, 2.75) is 57.7 Å². The maximum absolute atomic E-state index is 12.9. The molecule has 2 aliphatic carbocycles. The van der Waals surface area contributed by atoms with Gasteiger partial charge in [-0.05, 0) is 32.1 Å². The van der Waals surface area contributed by atoms with Crippen molar-refractivity contribution >= 4 is 11.9 Å². The minimum atomic E-state index is -4.25. The highest BCUT2D eigenvalue weighted by Crippen LogP contribution is 2.41. The van der Waals surface area contributed by atoms with Crippen LogP contribution in [-0.2, 0) is 9.59 Å². The van der Waals surface area contributed by atoms with E-state index in [4.69, 9.17) is 5.11 Å². The molecule has 1 N–H and O–H groups in total. The van der Waals surface area contributed by atoms with E-state index < -0.39 is 29.9 Å². The Morgan fingerprint density at radius 3 is 2.36 bits per heavy atom. The molecule has 1 amide bonds. The molecule has 0 aliphatic heterocycles. The lowest BCUT2D eigenvalue weighted by Gasteiger charge is -2.34. The normalized spacial score (nSPS) is 27.3. The molecule has 0 aromatic rings. The van der Waals surface area contributed by atoms with Crippen molar-refractivity contribution in [3.63, 3.8) is 0 Å². The number of alkyl halides is 3. The zero-order valence-corrected chi connectivity index (χ0v) is 12.6. The largest absolute Gasteiger partial charge is 0.481 e. The Kier molecular flexibility index (Phi) is 5.02. The summed E-state index contributed by atoms with van der Waals surface area (Å²) >= 11 is 0. The molecule has 22 heavy (non-hydrogen) atoms. The van der Waals surface area contributed by atoms with Crippen LogP contribution in [0.2, 0.25) is 0 Å². The van der Waals surface area contributed by atoms with E-state index in [-0.39, 0.29) is 31.3 Å². The summed E-state index contributed by atoms with van der Waals surface area (Å²) in [6.07, 6.45) is -1.84. The molecular formula is C15H22F3NO3. The van der Waals surface area contributed by atoms with E-state index in [9.17, 15) is 22.8 Å². The first-order chi connectivity index (χ1) is 10.2. The number of carboxylic acid groups (broad SMARTS) is 1. The minimum absolute atomic E-state index is 0.0144. The topological polar surface area (TPSA) is 57.6 Å². The molecule has 126 valence electrons. The van der Waals surface area contributed by atoms with Gasteiger partial charge < -0.3 is 10.0 Å². The maximum Gasteiger partial charge on any atom is 0.391 e. The summed E-state index contributed by atoms with van der Waals surface area (Å²) in [4.78, 5) is 25.1. The quantitative estimate of drug-likeness (QED) is 0.846. The summed E-state index contributed by atoms with van der Waals surface area (Å²) in [5, 5.41) is 8.99. The van der Waals surface area contributed by atoms with Crippen LogP contribution in [0.25, 0.3) is 0 Å². The highest BCUT2D eigenvalue weighted by atomic mass is 19.4. The van der Waals surface area contributed by atoms with Crippen LogP contribution in [0, 0.1) is 17.8 Å². The van der Waals surface area contributed by atoms with Gasteiger partial charge >= 0.3 is 12.1 Å². The summed E-state index contributed by atoms with van der Waals surface area (Å²) < 4.78 is 38.6. The van der Waals surface area contributed by atoms with Crippen molar-refractivity contribution < 1.29 is 27.9 Å². The zero-order chi connectivity index (χ0) is 16.5. The van der Waals surface area contributed by atoms with Gasteiger partial charge in [-0.1, -0.05) is 13.3 Å². The molecule has 0 heterocycles. The molecule has 2 rings (SSSR count). The molecule has 0 saturated heterocycles. The van der Waals surface area contributed by atoms with Gasteiger partial charge in [0, 0.05) is 18.5 Å². The number of carboxylic acids is 1. The van der Waals surface area contributed by atoms with E-state index in [2.05, 4.69) is 0 Å². The second-order valence-electron chi connectivity index (χ2n) is 6.56. The summed E-state index contributed by atoms with van der Waals surface area (Å²) in [7, 11) is 0. The first kappa shape index (κ1) is 17.1. The predicted molar refractivity (Wildman–Crippen MR) is 73.0 cm³/mol. The summed E-state index contributed by atoms with van der Waals surface area (Å²) in [6, 6.07) is 0.0144. The lowest BCUT2D eigenvalue weighted by Crippen LogP contribution is -2.44. The standard InChI is InChI=1S/C15H22F3NO3/c1-9(14(21)22)8-19(12-5-6-12)13(20)10-3-2-4-11(7-10)15(16,17)18/h9-12H,2-8H2,1H3,(H,21,22). The lowest BCUT2D eigenvalue weighted by atomic mass is 9.80. The van der Waals surface area contributed by atoms with Crippen LogP contribution in [0.4, 0.5) is 13.2 Å². The molecular weight excluding hydrogens is 299 g/mol. The number of carbonyl (C=O) groups is 2. The fraction of sp³-hybridized carbons (Fsp3) is 0.867. The fourth-order valence-corrected chi connectivity index (χ4v) is 3.12. The Bertz CT molecular complexity index is 434. The Balaban J connectivity index is 2.02. The molecule has 0 aromatic heterocycles. The number of halogens is 3. The van der Waals surface area contributed by atoms with Gasteiger partial charge in [0.25, 0.3) is 0 Å². The Morgan fingerprint density at radius 1 is 1.23 bits per heavy atom. The third-order valence-electron chi connectivity index (χ3n) is 4.65. The van der Waals surface area contributed by atoms with Gasteiger partial charge in [0.05, 0.1) is 11.8 Å². The van der Waals surface area contributed by atoms with Crippen molar-refractivity contribution in [2.24, 2.45) is 17.8 Å². The van der Waals surface area contributed by atoms with Gasteiger partial charge in [0.15, 0.2) is 0 Å². The van der Waals surface area contributed by atoms with E-state index in [0.29, 0.717) is 12.8 Å². The average Bonchev–Trinajstić information content (AvgIpc) is 3.27. The van der Waals surface area contributed by atoms with Crippen molar-refractivity contribution in [1.29, 1.82) is 0 Å². The van der Waals surface area contributed by atoms with E-state index in [1.165, 1.54) is 11.8 Å². The number of nitrogens with zero attached hydrogens (tertiary/aromatic N) is 1. The second-order valence-corrected chi connectivity index (χ2v) is 6.56. The number of hydrogen-bond donors (Lipinski definition) is 1. The van der Waals surface area contributed by atoms with E-state index in [1.807, 2.05) is 0 Å². The maximum atomic E-state index is 12.9. The summed E-state index contributed by atoms with van der Waals surface area (Å²) in [5.41, 5.74) is 0. The number of carbonyl (C=O) groups excluding carboxylic acids is 1. The summed E-state index contributed by atoms with van der Waals surface area (Å²) in [6.45, 7) is 1.61. The molecule has 0 spiro atoms. The smallest absolute Gasteiger partial charge is 0.391 e. The number of amides is 1. The SMILES string of the molecule is CC(CN(C(=O)C1CCCC(C(F)(F)F)C1)C1CC1)C(=O)O. The molecule has 3 atom stereocenters. The molecule has 0 aromatic carbocycles. The molecule has 3 unspecified atom stereocenters. The van der Waals surface area contributed by atoms with Crippen molar-refractivity contribution in [2.75, 3.05) is 6.54 Å². The van der Waals surface area contributed by atoms with Gasteiger partial charge in [0.1, 0.15) is 0 Å². The van der Waals surface area contributed by atoms with Gasteiger partial charge in [-0.3, -0.25) is 9.59 Å².